The highest BCUT2D eigenvalue weighted by Gasteiger charge is 2.11. The van der Waals surface area contributed by atoms with Gasteiger partial charge in [0.15, 0.2) is 0 Å². The summed E-state index contributed by atoms with van der Waals surface area (Å²) in [6.07, 6.45) is 0. The summed E-state index contributed by atoms with van der Waals surface area (Å²) in [4.78, 5) is 0. The fourth-order valence-electron chi connectivity index (χ4n) is 2.53. The zero-order chi connectivity index (χ0) is 17.7. The summed E-state index contributed by atoms with van der Waals surface area (Å²) in [7, 11) is -3.42. The van der Waals surface area contributed by atoms with E-state index in [-0.39, 0.29) is 18.9 Å². The van der Waals surface area contributed by atoms with Crippen LogP contribution in [0.15, 0.2) is 66.7 Å². The van der Waals surface area contributed by atoms with Gasteiger partial charge in [0.2, 0.25) is 10.0 Å². The molecule has 0 aliphatic carbocycles. The van der Waals surface area contributed by atoms with Crippen LogP contribution in [-0.4, -0.2) is 21.6 Å². The van der Waals surface area contributed by atoms with Gasteiger partial charge >= 0.3 is 0 Å². The second-order valence-electron chi connectivity index (χ2n) is 5.61. The molecule has 0 radical (unpaired) electrons. The van der Waals surface area contributed by atoms with Crippen LogP contribution in [0.5, 0.6) is 5.75 Å². The zero-order valence-electron chi connectivity index (χ0n) is 13.5. The van der Waals surface area contributed by atoms with Crippen molar-refractivity contribution < 1.29 is 13.2 Å². The van der Waals surface area contributed by atoms with Gasteiger partial charge in [-0.05, 0) is 29.1 Å². The van der Waals surface area contributed by atoms with E-state index in [2.05, 4.69) is 4.72 Å². The molecular formula is C19H18ClNO3S. The van der Waals surface area contributed by atoms with E-state index in [9.17, 15) is 8.42 Å². The van der Waals surface area contributed by atoms with Crippen molar-refractivity contribution in [3.63, 3.8) is 0 Å². The van der Waals surface area contributed by atoms with Gasteiger partial charge in [0.25, 0.3) is 0 Å². The van der Waals surface area contributed by atoms with Gasteiger partial charge in [-0.3, -0.25) is 0 Å². The van der Waals surface area contributed by atoms with Crippen LogP contribution < -0.4 is 9.46 Å². The second kappa shape index (κ2) is 7.87. The Labute approximate surface area is 152 Å². The normalized spacial score (nSPS) is 11.6. The molecular weight excluding hydrogens is 358 g/mol. The Hall–Kier alpha value is -2.08. The van der Waals surface area contributed by atoms with E-state index in [0.29, 0.717) is 10.6 Å². The molecule has 0 atom stereocenters. The maximum absolute atomic E-state index is 12.1. The molecule has 0 bridgehead atoms. The van der Waals surface area contributed by atoms with Gasteiger partial charge in [0.1, 0.15) is 12.4 Å². The molecule has 0 spiro atoms. The maximum Gasteiger partial charge on any atom is 0.215 e. The lowest BCUT2D eigenvalue weighted by atomic mass is 10.1. The molecule has 0 unspecified atom stereocenters. The van der Waals surface area contributed by atoms with Crippen molar-refractivity contribution in [1.29, 1.82) is 0 Å². The molecule has 0 aromatic heterocycles. The first kappa shape index (κ1) is 17.7. The van der Waals surface area contributed by atoms with Crippen molar-refractivity contribution in [2.75, 3.05) is 13.2 Å². The topological polar surface area (TPSA) is 55.4 Å². The molecule has 3 aromatic rings. The monoisotopic (exact) mass is 375 g/mol. The molecule has 130 valence electrons. The summed E-state index contributed by atoms with van der Waals surface area (Å²) >= 11 is 5.80. The van der Waals surface area contributed by atoms with Gasteiger partial charge in [-0.1, -0.05) is 60.1 Å². The smallest absolute Gasteiger partial charge is 0.215 e. The van der Waals surface area contributed by atoms with Gasteiger partial charge < -0.3 is 4.74 Å². The van der Waals surface area contributed by atoms with Crippen molar-refractivity contribution in [1.82, 2.24) is 4.72 Å². The fourth-order valence-corrected chi connectivity index (χ4v) is 3.78. The predicted octanol–water partition coefficient (Wildman–Crippen LogP) is 3.99. The minimum atomic E-state index is -3.42. The predicted molar refractivity (Wildman–Crippen MR) is 102 cm³/mol. The summed E-state index contributed by atoms with van der Waals surface area (Å²) < 4.78 is 32.5. The Morgan fingerprint density at radius 1 is 0.920 bits per heavy atom. The van der Waals surface area contributed by atoms with E-state index in [4.69, 9.17) is 16.3 Å². The van der Waals surface area contributed by atoms with Crippen LogP contribution in [-0.2, 0) is 15.8 Å². The first-order chi connectivity index (χ1) is 12.0. The second-order valence-corrected chi connectivity index (χ2v) is 7.85. The molecule has 1 N–H and O–H groups in total. The summed E-state index contributed by atoms with van der Waals surface area (Å²) in [5.41, 5.74) is 0.687. The number of ether oxygens (including phenoxy) is 1. The Balaban J connectivity index is 1.54. The Morgan fingerprint density at radius 2 is 1.64 bits per heavy atom. The van der Waals surface area contributed by atoms with E-state index >= 15 is 0 Å². The minimum Gasteiger partial charge on any atom is -0.492 e. The van der Waals surface area contributed by atoms with Gasteiger partial charge in [-0.15, -0.1) is 0 Å². The molecule has 25 heavy (non-hydrogen) atoms. The van der Waals surface area contributed by atoms with Crippen LogP contribution in [0.25, 0.3) is 10.8 Å². The summed E-state index contributed by atoms with van der Waals surface area (Å²) in [5, 5.41) is 2.68. The van der Waals surface area contributed by atoms with Crippen molar-refractivity contribution in [2.45, 2.75) is 5.75 Å². The quantitative estimate of drug-likeness (QED) is 0.635. The number of hydrogen-bond donors (Lipinski definition) is 1. The zero-order valence-corrected chi connectivity index (χ0v) is 15.1. The highest BCUT2D eigenvalue weighted by atomic mass is 35.5. The minimum absolute atomic E-state index is 0.0849. The number of sulfonamides is 1. The number of fused-ring (bicyclic) bond motifs is 1. The van der Waals surface area contributed by atoms with Crippen LogP contribution >= 0.6 is 11.6 Å². The van der Waals surface area contributed by atoms with Crippen LogP contribution in [0.2, 0.25) is 5.02 Å². The van der Waals surface area contributed by atoms with E-state index in [1.54, 1.807) is 24.3 Å². The standard InChI is InChI=1S/C19H18ClNO3S/c20-17-10-8-15(9-11-17)14-25(22,23)21-12-13-24-19-7-3-5-16-4-1-2-6-18(16)19/h1-11,21H,12-14H2. The molecule has 0 saturated heterocycles. The highest BCUT2D eigenvalue weighted by molar-refractivity contribution is 7.88. The number of hydrogen-bond acceptors (Lipinski definition) is 3. The van der Waals surface area contributed by atoms with Crippen molar-refractivity contribution in [3.05, 3.63) is 77.3 Å². The number of nitrogens with one attached hydrogen (secondary N) is 1. The molecule has 6 heteroatoms. The van der Waals surface area contributed by atoms with Crippen molar-refractivity contribution in [2.24, 2.45) is 0 Å². The Kier molecular flexibility index (Phi) is 5.58. The van der Waals surface area contributed by atoms with Crippen LogP contribution in [0.1, 0.15) is 5.56 Å². The van der Waals surface area contributed by atoms with Crippen LogP contribution in [0.4, 0.5) is 0 Å². The molecule has 0 saturated carbocycles. The average Bonchev–Trinajstić information content (AvgIpc) is 2.61. The van der Waals surface area contributed by atoms with E-state index in [0.717, 1.165) is 16.5 Å². The third-order valence-corrected chi connectivity index (χ3v) is 5.31. The van der Waals surface area contributed by atoms with Crippen molar-refractivity contribution in [3.8, 4) is 5.75 Å². The first-order valence-electron chi connectivity index (χ1n) is 7.86. The van der Waals surface area contributed by atoms with Crippen LogP contribution in [0, 0.1) is 0 Å². The molecule has 0 amide bonds. The van der Waals surface area contributed by atoms with Gasteiger partial charge in [0.05, 0.1) is 5.75 Å². The SMILES string of the molecule is O=S(=O)(Cc1ccc(Cl)cc1)NCCOc1cccc2ccccc12. The van der Waals surface area contributed by atoms with E-state index in [1.165, 1.54) is 0 Å². The fraction of sp³-hybridized carbons (Fsp3) is 0.158. The third kappa shape index (κ3) is 4.95. The number of rotatable bonds is 7. The number of benzene rings is 3. The van der Waals surface area contributed by atoms with Gasteiger partial charge in [0, 0.05) is 17.0 Å². The molecule has 0 aliphatic rings. The summed E-state index contributed by atoms with van der Waals surface area (Å²) in [6.45, 7) is 0.465. The molecule has 3 rings (SSSR count). The molecule has 4 nitrogen and oxygen atoms in total. The molecule has 3 aromatic carbocycles. The number of halogens is 1. The molecule has 0 heterocycles. The maximum atomic E-state index is 12.1. The van der Waals surface area contributed by atoms with Crippen LogP contribution in [0.3, 0.4) is 0 Å². The summed E-state index contributed by atoms with van der Waals surface area (Å²) in [6, 6.07) is 20.5. The lowest BCUT2D eigenvalue weighted by Gasteiger charge is -2.10. The van der Waals surface area contributed by atoms with E-state index < -0.39 is 10.0 Å². The summed E-state index contributed by atoms with van der Waals surface area (Å²) in [5.74, 6) is 0.660. The van der Waals surface area contributed by atoms with Crippen molar-refractivity contribution >= 4 is 32.4 Å². The molecule has 0 aliphatic heterocycles. The Morgan fingerprint density at radius 3 is 2.44 bits per heavy atom. The highest BCUT2D eigenvalue weighted by Crippen LogP contribution is 2.24. The van der Waals surface area contributed by atoms with Gasteiger partial charge in [-0.2, -0.15) is 0 Å². The van der Waals surface area contributed by atoms with Gasteiger partial charge in [-0.25, -0.2) is 13.1 Å². The lowest BCUT2D eigenvalue weighted by molar-refractivity contribution is 0.326. The average molecular weight is 376 g/mol. The third-order valence-electron chi connectivity index (χ3n) is 3.70. The lowest BCUT2D eigenvalue weighted by Crippen LogP contribution is -2.29. The first-order valence-corrected chi connectivity index (χ1v) is 9.89. The largest absolute Gasteiger partial charge is 0.492 e. The molecule has 0 fully saturated rings. The Bertz CT molecular complexity index is 951. The van der Waals surface area contributed by atoms with E-state index in [1.807, 2.05) is 42.5 Å².